The fourth-order valence-corrected chi connectivity index (χ4v) is 1.76. The molecule has 0 aliphatic rings. The number of fused-ring (bicyclic) bond motifs is 1. The van der Waals surface area contributed by atoms with Gasteiger partial charge < -0.3 is 13.9 Å². The number of hydrogen-bond acceptors (Lipinski definition) is 5. The van der Waals surface area contributed by atoms with Gasteiger partial charge in [0.05, 0.1) is 7.11 Å². The summed E-state index contributed by atoms with van der Waals surface area (Å²) in [7, 11) is 1.57. The zero-order valence-corrected chi connectivity index (χ0v) is 10.9. The summed E-state index contributed by atoms with van der Waals surface area (Å²) in [6.07, 6.45) is -0.811. The van der Waals surface area contributed by atoms with E-state index >= 15 is 0 Å². The quantitative estimate of drug-likeness (QED) is 0.792. The Kier molecular flexibility index (Phi) is 3.43. The second kappa shape index (κ2) is 5.02. The summed E-state index contributed by atoms with van der Waals surface area (Å²) in [4.78, 5) is 11.9. The summed E-state index contributed by atoms with van der Waals surface area (Å²) < 4.78 is 15.5. The van der Waals surface area contributed by atoms with Gasteiger partial charge in [-0.15, -0.1) is 0 Å². The molecule has 2 rings (SSSR count). The molecule has 0 bridgehead atoms. The zero-order valence-electron chi connectivity index (χ0n) is 10.9. The molecule has 0 radical (unpaired) electrons. The van der Waals surface area contributed by atoms with Crippen LogP contribution in [-0.2, 0) is 4.74 Å². The van der Waals surface area contributed by atoms with Crippen LogP contribution in [0.5, 0.6) is 5.75 Å². The van der Waals surface area contributed by atoms with Gasteiger partial charge in [0.2, 0.25) is 5.76 Å². The van der Waals surface area contributed by atoms with E-state index in [0.717, 1.165) is 5.39 Å². The molecule has 1 heterocycles. The highest BCUT2D eigenvalue weighted by atomic mass is 16.6. The predicted octanol–water partition coefficient (Wildman–Crippen LogP) is 2.82. The first-order valence-electron chi connectivity index (χ1n) is 5.74. The maximum atomic E-state index is 11.9. The molecule has 0 N–H and O–H groups in total. The molecule has 19 heavy (non-hydrogen) atoms. The Morgan fingerprint density at radius 2 is 2.21 bits per heavy atom. The van der Waals surface area contributed by atoms with Crippen LogP contribution < -0.4 is 4.74 Å². The molecule has 0 aliphatic carbocycles. The Morgan fingerprint density at radius 3 is 2.84 bits per heavy atom. The Bertz CT molecular complexity index is 666. The van der Waals surface area contributed by atoms with Crippen LogP contribution in [0.3, 0.4) is 0 Å². The predicted molar refractivity (Wildman–Crippen MR) is 68.0 cm³/mol. The summed E-state index contributed by atoms with van der Waals surface area (Å²) in [6.45, 7) is 3.26. The van der Waals surface area contributed by atoms with E-state index in [4.69, 9.17) is 19.2 Å². The van der Waals surface area contributed by atoms with Crippen molar-refractivity contribution in [1.29, 1.82) is 5.26 Å². The summed E-state index contributed by atoms with van der Waals surface area (Å²) in [5.41, 5.74) is 1.25. The van der Waals surface area contributed by atoms with Crippen LogP contribution >= 0.6 is 0 Å². The van der Waals surface area contributed by atoms with Gasteiger partial charge in [0.25, 0.3) is 0 Å². The highest BCUT2D eigenvalue weighted by Crippen LogP contribution is 2.29. The molecular weight excluding hydrogens is 246 g/mol. The fourth-order valence-electron chi connectivity index (χ4n) is 1.76. The van der Waals surface area contributed by atoms with Crippen LogP contribution in [0.1, 0.15) is 23.0 Å². The number of furan rings is 1. The topological polar surface area (TPSA) is 72.5 Å². The third-order valence-electron chi connectivity index (χ3n) is 2.79. The molecule has 2 aromatic rings. The first-order valence-corrected chi connectivity index (χ1v) is 5.74. The molecule has 0 spiro atoms. The molecule has 0 saturated heterocycles. The molecule has 1 aromatic carbocycles. The minimum absolute atomic E-state index is 0.116. The lowest BCUT2D eigenvalue weighted by Gasteiger charge is -2.03. The van der Waals surface area contributed by atoms with E-state index in [1.54, 1.807) is 32.2 Å². The minimum atomic E-state index is -0.811. The second-order valence-corrected chi connectivity index (χ2v) is 4.09. The smallest absolute Gasteiger partial charge is 0.375 e. The number of aryl methyl sites for hydroxylation is 1. The fraction of sp³-hybridized carbons (Fsp3) is 0.286. The molecule has 1 aromatic heterocycles. The van der Waals surface area contributed by atoms with E-state index in [1.807, 2.05) is 6.07 Å². The van der Waals surface area contributed by atoms with Crippen molar-refractivity contribution in [3.63, 3.8) is 0 Å². The number of hydrogen-bond donors (Lipinski definition) is 0. The molecule has 0 saturated carbocycles. The van der Waals surface area contributed by atoms with E-state index in [-0.39, 0.29) is 5.76 Å². The number of carbonyl (C=O) groups is 1. The van der Waals surface area contributed by atoms with Crippen LogP contribution in [0.2, 0.25) is 0 Å². The summed E-state index contributed by atoms with van der Waals surface area (Å²) in [5, 5.41) is 9.42. The Labute approximate surface area is 110 Å². The van der Waals surface area contributed by atoms with Crippen molar-refractivity contribution in [2.75, 3.05) is 7.11 Å². The number of rotatable bonds is 3. The maximum absolute atomic E-state index is 11.9. The molecule has 0 amide bonds. The van der Waals surface area contributed by atoms with Crippen molar-refractivity contribution < 1.29 is 18.7 Å². The van der Waals surface area contributed by atoms with E-state index in [9.17, 15) is 4.79 Å². The molecule has 1 atom stereocenters. The average Bonchev–Trinajstić information content (AvgIpc) is 2.75. The van der Waals surface area contributed by atoms with E-state index < -0.39 is 12.1 Å². The summed E-state index contributed by atoms with van der Waals surface area (Å²) >= 11 is 0. The highest BCUT2D eigenvalue weighted by molar-refractivity contribution is 5.96. The Balaban J connectivity index is 2.42. The number of nitrogens with zero attached hydrogens (tertiary/aromatic N) is 1. The van der Waals surface area contributed by atoms with Gasteiger partial charge in [0.15, 0.2) is 6.10 Å². The van der Waals surface area contributed by atoms with Crippen LogP contribution in [0.4, 0.5) is 0 Å². The van der Waals surface area contributed by atoms with Crippen LogP contribution in [0.15, 0.2) is 22.6 Å². The molecule has 98 valence electrons. The molecule has 5 heteroatoms. The number of methoxy groups -OCH3 is 1. The van der Waals surface area contributed by atoms with Crippen molar-refractivity contribution in [1.82, 2.24) is 0 Å². The van der Waals surface area contributed by atoms with Crippen molar-refractivity contribution in [3.05, 3.63) is 29.5 Å². The van der Waals surface area contributed by atoms with Gasteiger partial charge in [-0.25, -0.2) is 4.79 Å². The normalized spacial score (nSPS) is 11.9. The van der Waals surface area contributed by atoms with E-state index in [2.05, 4.69) is 0 Å². The number of nitriles is 1. The third kappa shape index (κ3) is 2.38. The summed E-state index contributed by atoms with van der Waals surface area (Å²) in [6, 6.07) is 7.10. The first kappa shape index (κ1) is 13.0. The highest BCUT2D eigenvalue weighted by Gasteiger charge is 2.21. The zero-order chi connectivity index (χ0) is 14.0. The van der Waals surface area contributed by atoms with Gasteiger partial charge in [-0.05, 0) is 32.0 Å². The standard InChI is InChI=1S/C14H13NO4/c1-8(7-15)18-14(16)13-9(2)11-6-10(17-3)4-5-12(11)19-13/h4-6,8H,1-3H3/t8-/m1/s1. The van der Waals surface area contributed by atoms with Crippen LogP contribution in [0, 0.1) is 18.3 Å². The van der Waals surface area contributed by atoms with E-state index in [0.29, 0.717) is 16.9 Å². The minimum Gasteiger partial charge on any atom is -0.497 e. The number of esters is 1. The van der Waals surface area contributed by atoms with Gasteiger partial charge in [0.1, 0.15) is 17.4 Å². The number of benzene rings is 1. The second-order valence-electron chi connectivity index (χ2n) is 4.09. The van der Waals surface area contributed by atoms with Crippen molar-refractivity contribution in [2.24, 2.45) is 0 Å². The lowest BCUT2D eigenvalue weighted by Crippen LogP contribution is -2.13. The molecular formula is C14H13NO4. The van der Waals surface area contributed by atoms with Gasteiger partial charge in [-0.3, -0.25) is 0 Å². The van der Waals surface area contributed by atoms with Gasteiger partial charge >= 0.3 is 5.97 Å². The molecule has 0 aliphatic heterocycles. The first-order chi connectivity index (χ1) is 9.06. The van der Waals surface area contributed by atoms with Gasteiger partial charge in [-0.2, -0.15) is 5.26 Å². The van der Waals surface area contributed by atoms with Gasteiger partial charge in [0, 0.05) is 10.9 Å². The van der Waals surface area contributed by atoms with Crippen molar-refractivity contribution >= 4 is 16.9 Å². The Hall–Kier alpha value is -2.48. The van der Waals surface area contributed by atoms with Crippen LogP contribution in [0.25, 0.3) is 11.0 Å². The van der Waals surface area contributed by atoms with Crippen molar-refractivity contribution in [2.45, 2.75) is 20.0 Å². The lowest BCUT2D eigenvalue weighted by molar-refractivity contribution is 0.0400. The number of carbonyl (C=O) groups excluding carboxylic acids is 1. The molecule has 0 fully saturated rings. The SMILES string of the molecule is COc1ccc2oc(C(=O)O[C@H](C)C#N)c(C)c2c1. The lowest BCUT2D eigenvalue weighted by atomic mass is 10.1. The third-order valence-corrected chi connectivity index (χ3v) is 2.79. The molecule has 0 unspecified atom stereocenters. The van der Waals surface area contributed by atoms with E-state index in [1.165, 1.54) is 6.92 Å². The maximum Gasteiger partial charge on any atom is 0.375 e. The monoisotopic (exact) mass is 259 g/mol. The average molecular weight is 259 g/mol. The van der Waals surface area contributed by atoms with Gasteiger partial charge in [-0.1, -0.05) is 0 Å². The molecule has 5 nitrogen and oxygen atoms in total. The summed E-state index contributed by atoms with van der Waals surface area (Å²) in [5.74, 6) is 0.161. The number of ether oxygens (including phenoxy) is 2. The Morgan fingerprint density at radius 1 is 1.47 bits per heavy atom. The largest absolute Gasteiger partial charge is 0.497 e. The van der Waals surface area contributed by atoms with Crippen LogP contribution in [-0.4, -0.2) is 19.2 Å². The van der Waals surface area contributed by atoms with Crippen molar-refractivity contribution in [3.8, 4) is 11.8 Å².